The zero-order valence-corrected chi connectivity index (χ0v) is 16.9. The van der Waals surface area contributed by atoms with Crippen LogP contribution >= 0.6 is 23.2 Å². The van der Waals surface area contributed by atoms with Crippen LogP contribution in [-0.2, 0) is 21.7 Å². The predicted octanol–water partition coefficient (Wildman–Crippen LogP) is 4.95. The first-order valence-corrected chi connectivity index (χ1v) is 9.71. The van der Waals surface area contributed by atoms with Crippen molar-refractivity contribution in [3.05, 3.63) is 69.2 Å². The van der Waals surface area contributed by atoms with Gasteiger partial charge >= 0.3 is 5.97 Å². The number of fused-ring (bicyclic) bond motifs is 1. The summed E-state index contributed by atoms with van der Waals surface area (Å²) in [7, 11) is 1.83. The van der Waals surface area contributed by atoms with Crippen LogP contribution in [0.3, 0.4) is 0 Å². The number of hydrogen-bond acceptors (Lipinski definition) is 3. The number of likely N-dealkylation sites (N-methyl/N-ethyl adjacent to an activating group) is 1. The number of nitrogens with zero attached hydrogens (tertiary/aromatic N) is 1. The summed E-state index contributed by atoms with van der Waals surface area (Å²) in [5.74, 6) is -0.818. The van der Waals surface area contributed by atoms with Crippen molar-refractivity contribution >= 4 is 29.2 Å². The summed E-state index contributed by atoms with van der Waals surface area (Å²) in [5, 5.41) is 10.6. The van der Waals surface area contributed by atoms with Gasteiger partial charge in [-0.3, -0.25) is 9.69 Å². The number of carboxylic acid groups (broad SMARTS) is 1. The number of aliphatic carboxylic acids is 1. The van der Waals surface area contributed by atoms with E-state index in [0.717, 1.165) is 29.5 Å². The highest BCUT2D eigenvalue weighted by Gasteiger charge is 2.41. The number of rotatable bonds is 7. The number of hydrogen-bond donors (Lipinski definition) is 1. The van der Waals surface area contributed by atoms with Crippen LogP contribution in [0.5, 0.6) is 0 Å². The average Bonchev–Trinajstić information content (AvgIpc) is 3.00. The highest BCUT2D eigenvalue weighted by Crippen LogP contribution is 2.46. The highest BCUT2D eigenvalue weighted by atomic mass is 35.5. The Morgan fingerprint density at radius 3 is 2.56 bits per heavy atom. The van der Waals surface area contributed by atoms with Crippen molar-refractivity contribution in [2.75, 3.05) is 13.6 Å². The van der Waals surface area contributed by atoms with Gasteiger partial charge in [0, 0.05) is 10.0 Å². The number of benzene rings is 2. The molecule has 0 saturated carbocycles. The molecule has 0 amide bonds. The second-order valence-electron chi connectivity index (χ2n) is 7.02. The van der Waals surface area contributed by atoms with Gasteiger partial charge in [0.1, 0.15) is 11.6 Å². The van der Waals surface area contributed by atoms with Gasteiger partial charge in [0.25, 0.3) is 0 Å². The van der Waals surface area contributed by atoms with E-state index in [9.17, 15) is 9.90 Å². The fourth-order valence-electron chi connectivity index (χ4n) is 3.62. The molecule has 27 heavy (non-hydrogen) atoms. The molecule has 0 spiro atoms. The molecular weight excluding hydrogens is 385 g/mol. The topological polar surface area (TPSA) is 49.8 Å². The summed E-state index contributed by atoms with van der Waals surface area (Å²) in [6.45, 7) is 2.86. The van der Waals surface area contributed by atoms with E-state index in [2.05, 4.69) is 0 Å². The van der Waals surface area contributed by atoms with E-state index in [4.69, 9.17) is 27.9 Å². The van der Waals surface area contributed by atoms with E-state index >= 15 is 0 Å². The van der Waals surface area contributed by atoms with Gasteiger partial charge in [-0.1, -0.05) is 41.4 Å². The van der Waals surface area contributed by atoms with E-state index < -0.39 is 17.6 Å². The molecule has 6 heteroatoms. The van der Waals surface area contributed by atoms with Gasteiger partial charge in [-0.05, 0) is 74.3 Å². The summed E-state index contributed by atoms with van der Waals surface area (Å²) < 4.78 is 6.35. The lowest BCUT2D eigenvalue weighted by atomic mass is 9.82. The van der Waals surface area contributed by atoms with Crippen LogP contribution in [0.25, 0.3) is 0 Å². The van der Waals surface area contributed by atoms with Crippen LogP contribution < -0.4 is 0 Å². The standard InChI is InChI=1S/C21H23Cl2NO3/c1-14(20(25)26)24(2)11-3-10-21(16-4-6-17(22)7-5-16)19-9-8-18(23)12-15(19)13-27-21/h4-9,12,14H,3,10-11,13H2,1-2H3,(H,25,26). The molecular formula is C21H23Cl2NO3. The highest BCUT2D eigenvalue weighted by molar-refractivity contribution is 6.30. The van der Waals surface area contributed by atoms with Crippen LogP contribution in [0.4, 0.5) is 0 Å². The first kappa shape index (κ1) is 20.2. The van der Waals surface area contributed by atoms with E-state index in [1.807, 2.05) is 54.4 Å². The number of carboxylic acids is 1. The molecule has 2 unspecified atom stereocenters. The molecule has 2 aromatic rings. The minimum Gasteiger partial charge on any atom is -0.480 e. The summed E-state index contributed by atoms with van der Waals surface area (Å²) in [5.41, 5.74) is 2.67. The largest absolute Gasteiger partial charge is 0.480 e. The lowest BCUT2D eigenvalue weighted by molar-refractivity contribution is -0.142. The fraction of sp³-hybridized carbons (Fsp3) is 0.381. The lowest BCUT2D eigenvalue weighted by Gasteiger charge is -2.32. The number of carbonyl (C=O) groups is 1. The van der Waals surface area contributed by atoms with Gasteiger partial charge in [0.05, 0.1) is 6.61 Å². The van der Waals surface area contributed by atoms with Crippen molar-refractivity contribution in [3.8, 4) is 0 Å². The maximum Gasteiger partial charge on any atom is 0.320 e. The molecule has 3 rings (SSSR count). The predicted molar refractivity (Wildman–Crippen MR) is 107 cm³/mol. The maximum absolute atomic E-state index is 11.2. The zero-order valence-electron chi connectivity index (χ0n) is 15.4. The monoisotopic (exact) mass is 407 g/mol. The van der Waals surface area contributed by atoms with Crippen LogP contribution in [0, 0.1) is 0 Å². The van der Waals surface area contributed by atoms with Crippen LogP contribution in [0.1, 0.15) is 36.5 Å². The van der Waals surface area contributed by atoms with Gasteiger partial charge in [0.2, 0.25) is 0 Å². The van der Waals surface area contributed by atoms with Gasteiger partial charge < -0.3 is 9.84 Å². The van der Waals surface area contributed by atoms with Crippen LogP contribution in [-0.4, -0.2) is 35.6 Å². The van der Waals surface area contributed by atoms with E-state index in [0.29, 0.717) is 23.2 Å². The maximum atomic E-state index is 11.2. The summed E-state index contributed by atoms with van der Waals surface area (Å²) in [4.78, 5) is 13.0. The average molecular weight is 408 g/mol. The van der Waals surface area contributed by atoms with Crippen molar-refractivity contribution in [2.24, 2.45) is 0 Å². The first-order valence-electron chi connectivity index (χ1n) is 8.95. The number of ether oxygens (including phenoxy) is 1. The van der Waals surface area contributed by atoms with Gasteiger partial charge in [-0.25, -0.2) is 0 Å². The molecule has 0 aromatic heterocycles. The number of halogens is 2. The van der Waals surface area contributed by atoms with Crippen molar-refractivity contribution in [1.29, 1.82) is 0 Å². The minimum atomic E-state index is -0.818. The lowest BCUT2D eigenvalue weighted by Crippen LogP contribution is -2.37. The van der Waals surface area contributed by atoms with Crippen molar-refractivity contribution in [3.63, 3.8) is 0 Å². The van der Waals surface area contributed by atoms with Gasteiger partial charge in [0.15, 0.2) is 0 Å². The molecule has 0 aliphatic carbocycles. The molecule has 0 radical (unpaired) electrons. The Kier molecular flexibility index (Phi) is 6.11. The Hall–Kier alpha value is -1.59. The normalized spacial score (nSPS) is 19.9. The van der Waals surface area contributed by atoms with Gasteiger partial charge in [-0.2, -0.15) is 0 Å². The molecule has 4 nitrogen and oxygen atoms in total. The fourth-order valence-corrected chi connectivity index (χ4v) is 3.94. The van der Waals surface area contributed by atoms with Crippen molar-refractivity contribution in [1.82, 2.24) is 4.90 Å². The van der Waals surface area contributed by atoms with E-state index in [1.165, 1.54) is 0 Å². The molecule has 2 atom stereocenters. The zero-order chi connectivity index (χ0) is 19.6. The van der Waals surface area contributed by atoms with Crippen LogP contribution in [0.15, 0.2) is 42.5 Å². The first-order chi connectivity index (χ1) is 12.8. The summed E-state index contributed by atoms with van der Waals surface area (Å²) >= 11 is 12.2. The third-order valence-corrected chi connectivity index (χ3v) is 5.83. The van der Waals surface area contributed by atoms with Crippen LogP contribution in [0.2, 0.25) is 10.0 Å². The molecule has 1 aliphatic rings. The SMILES string of the molecule is CC(C(=O)O)N(C)CCCC1(c2ccc(Cl)cc2)OCc2cc(Cl)ccc21. The third-order valence-electron chi connectivity index (χ3n) is 5.35. The molecule has 0 saturated heterocycles. The quantitative estimate of drug-likeness (QED) is 0.704. The van der Waals surface area contributed by atoms with Crippen molar-refractivity contribution in [2.45, 2.75) is 38.0 Å². The molecule has 2 aromatic carbocycles. The summed E-state index contributed by atoms with van der Waals surface area (Å²) in [6, 6.07) is 13.1. The molecule has 0 bridgehead atoms. The Morgan fingerprint density at radius 1 is 1.22 bits per heavy atom. The molecule has 1 aliphatic heterocycles. The molecule has 144 valence electrons. The molecule has 1 heterocycles. The Bertz CT molecular complexity index is 825. The smallest absolute Gasteiger partial charge is 0.320 e. The summed E-state index contributed by atoms with van der Waals surface area (Å²) in [6.07, 6.45) is 1.53. The molecule has 1 N–H and O–H groups in total. The third kappa shape index (κ3) is 4.14. The minimum absolute atomic E-state index is 0.500. The molecule has 0 fully saturated rings. The second kappa shape index (κ2) is 8.19. The van der Waals surface area contributed by atoms with Gasteiger partial charge in [-0.15, -0.1) is 0 Å². The Balaban J connectivity index is 1.87. The second-order valence-corrected chi connectivity index (χ2v) is 7.90. The Labute approximate surface area is 169 Å². The van der Waals surface area contributed by atoms with E-state index in [1.54, 1.807) is 6.92 Å². The van der Waals surface area contributed by atoms with Crippen molar-refractivity contribution < 1.29 is 14.6 Å². The van der Waals surface area contributed by atoms with E-state index in [-0.39, 0.29) is 0 Å². The Morgan fingerprint density at radius 2 is 1.89 bits per heavy atom.